The lowest BCUT2D eigenvalue weighted by Crippen LogP contribution is -2.52. The molecule has 0 saturated carbocycles. The Hall–Kier alpha value is -1.17. The highest BCUT2D eigenvalue weighted by atomic mass is 35.5. The summed E-state index contributed by atoms with van der Waals surface area (Å²) in [6.07, 6.45) is 2.77. The third-order valence-electron chi connectivity index (χ3n) is 5.32. The molecule has 1 aromatic carbocycles. The number of nitrogens with two attached hydrogens (primary N) is 1. The summed E-state index contributed by atoms with van der Waals surface area (Å²) in [7, 11) is 0. The molecule has 4 nitrogen and oxygen atoms in total. The highest BCUT2D eigenvalue weighted by Gasteiger charge is 2.41. The van der Waals surface area contributed by atoms with Gasteiger partial charge in [-0.2, -0.15) is 0 Å². The number of carbonyl (C=O) groups excluding carboxylic acids is 1. The highest BCUT2D eigenvalue weighted by Crippen LogP contribution is 2.33. The minimum Gasteiger partial charge on any atom is -0.330 e. The molecule has 6 heteroatoms. The van der Waals surface area contributed by atoms with Gasteiger partial charge in [0.05, 0.1) is 11.7 Å². The molecule has 2 atom stereocenters. The first-order chi connectivity index (χ1) is 10.9. The standard InChI is InChI=1S/C18H26FN3O.ClH/c1-13-5-6-14(19)16(10-13)22-8-3-4-15(17(22)23)21-9-7-18(2,11-20)12-21;/h5-6,10,15H,3-4,7-9,11-12,20H2,1-2H3;1H. The minimum atomic E-state index is -0.321. The van der Waals surface area contributed by atoms with Crippen molar-refractivity contribution in [2.75, 3.05) is 31.1 Å². The number of amides is 1. The molecule has 3 rings (SSSR count). The van der Waals surface area contributed by atoms with Crippen LogP contribution in [-0.4, -0.2) is 43.0 Å². The van der Waals surface area contributed by atoms with E-state index in [1.54, 1.807) is 17.0 Å². The van der Waals surface area contributed by atoms with E-state index in [1.807, 2.05) is 6.92 Å². The zero-order valence-electron chi connectivity index (χ0n) is 14.4. The van der Waals surface area contributed by atoms with Crippen LogP contribution in [0.1, 0.15) is 31.7 Å². The molecule has 134 valence electrons. The topological polar surface area (TPSA) is 49.6 Å². The fraction of sp³-hybridized carbons (Fsp3) is 0.611. The summed E-state index contributed by atoms with van der Waals surface area (Å²) in [5.41, 5.74) is 7.36. The van der Waals surface area contributed by atoms with Gasteiger partial charge in [0.1, 0.15) is 5.82 Å². The summed E-state index contributed by atoms with van der Waals surface area (Å²) >= 11 is 0. The molecular formula is C18H27ClFN3O. The van der Waals surface area contributed by atoms with Crippen molar-refractivity contribution in [3.63, 3.8) is 0 Å². The summed E-state index contributed by atoms with van der Waals surface area (Å²) in [6, 6.07) is 4.81. The summed E-state index contributed by atoms with van der Waals surface area (Å²) in [6.45, 7) is 7.08. The van der Waals surface area contributed by atoms with Crippen LogP contribution in [0.5, 0.6) is 0 Å². The number of hydrogen-bond acceptors (Lipinski definition) is 3. The smallest absolute Gasteiger partial charge is 0.244 e. The number of aryl methyl sites for hydroxylation is 1. The molecule has 1 aromatic rings. The Labute approximate surface area is 149 Å². The Morgan fingerprint density at radius 1 is 1.38 bits per heavy atom. The molecule has 0 aromatic heterocycles. The highest BCUT2D eigenvalue weighted by molar-refractivity contribution is 5.98. The zero-order valence-corrected chi connectivity index (χ0v) is 15.2. The van der Waals surface area contributed by atoms with Gasteiger partial charge in [0, 0.05) is 13.1 Å². The molecule has 2 heterocycles. The van der Waals surface area contributed by atoms with Gasteiger partial charge in [0.15, 0.2) is 0 Å². The predicted molar refractivity (Wildman–Crippen MR) is 97.1 cm³/mol. The summed E-state index contributed by atoms with van der Waals surface area (Å²) in [5, 5.41) is 0. The zero-order chi connectivity index (χ0) is 16.6. The number of halogens is 2. The van der Waals surface area contributed by atoms with E-state index in [0.717, 1.165) is 37.9 Å². The largest absolute Gasteiger partial charge is 0.330 e. The third kappa shape index (κ3) is 3.58. The number of benzene rings is 1. The SMILES string of the molecule is Cc1ccc(F)c(N2CCCC(N3CCC(C)(CN)C3)C2=O)c1.Cl. The van der Waals surface area contributed by atoms with Crippen LogP contribution < -0.4 is 10.6 Å². The van der Waals surface area contributed by atoms with Gasteiger partial charge < -0.3 is 10.6 Å². The Morgan fingerprint density at radius 2 is 2.12 bits per heavy atom. The fourth-order valence-corrected chi connectivity index (χ4v) is 3.76. The van der Waals surface area contributed by atoms with Crippen molar-refractivity contribution in [1.29, 1.82) is 0 Å². The van der Waals surface area contributed by atoms with Crippen LogP contribution in [0.3, 0.4) is 0 Å². The number of likely N-dealkylation sites (tertiary alicyclic amines) is 1. The second kappa shape index (κ2) is 7.38. The molecule has 0 aliphatic carbocycles. The fourth-order valence-electron chi connectivity index (χ4n) is 3.76. The molecule has 0 bridgehead atoms. The van der Waals surface area contributed by atoms with E-state index in [9.17, 15) is 9.18 Å². The molecule has 0 spiro atoms. The number of nitrogens with zero attached hydrogens (tertiary/aromatic N) is 2. The van der Waals surface area contributed by atoms with Crippen molar-refractivity contribution in [2.45, 2.75) is 39.2 Å². The van der Waals surface area contributed by atoms with Crippen LogP contribution in [0.15, 0.2) is 18.2 Å². The van der Waals surface area contributed by atoms with Crippen LogP contribution >= 0.6 is 12.4 Å². The van der Waals surface area contributed by atoms with Crippen LogP contribution in [0, 0.1) is 18.2 Å². The molecule has 2 aliphatic rings. The Bertz CT molecular complexity index is 612. The summed E-state index contributed by atoms with van der Waals surface area (Å²) < 4.78 is 14.2. The molecule has 1 amide bonds. The molecule has 2 saturated heterocycles. The number of hydrogen-bond donors (Lipinski definition) is 1. The van der Waals surface area contributed by atoms with Crippen molar-refractivity contribution in [2.24, 2.45) is 11.1 Å². The van der Waals surface area contributed by atoms with E-state index >= 15 is 0 Å². The number of carbonyl (C=O) groups is 1. The van der Waals surface area contributed by atoms with Crippen LogP contribution in [0.25, 0.3) is 0 Å². The van der Waals surface area contributed by atoms with Crippen LogP contribution in [0.2, 0.25) is 0 Å². The van der Waals surface area contributed by atoms with Crippen LogP contribution in [0.4, 0.5) is 10.1 Å². The number of anilines is 1. The van der Waals surface area contributed by atoms with Crippen molar-refractivity contribution < 1.29 is 9.18 Å². The van der Waals surface area contributed by atoms with Crippen molar-refractivity contribution in [3.05, 3.63) is 29.6 Å². The van der Waals surface area contributed by atoms with Crippen molar-refractivity contribution in [1.82, 2.24) is 4.90 Å². The van der Waals surface area contributed by atoms with Crippen molar-refractivity contribution in [3.8, 4) is 0 Å². The average molecular weight is 356 g/mol. The van der Waals surface area contributed by atoms with E-state index < -0.39 is 0 Å². The monoisotopic (exact) mass is 355 g/mol. The van der Waals surface area contributed by atoms with E-state index in [2.05, 4.69) is 11.8 Å². The number of piperidine rings is 1. The van der Waals surface area contributed by atoms with E-state index in [1.165, 1.54) is 6.07 Å². The number of rotatable bonds is 3. The Kier molecular flexibility index (Phi) is 5.89. The first-order valence-electron chi connectivity index (χ1n) is 8.45. The van der Waals surface area contributed by atoms with Gasteiger partial charge in [-0.1, -0.05) is 13.0 Å². The molecule has 24 heavy (non-hydrogen) atoms. The van der Waals surface area contributed by atoms with Gasteiger partial charge in [-0.05, 0) is 62.4 Å². The molecule has 2 N–H and O–H groups in total. The Morgan fingerprint density at radius 3 is 2.79 bits per heavy atom. The lowest BCUT2D eigenvalue weighted by Gasteiger charge is -2.37. The molecule has 2 unspecified atom stereocenters. The maximum atomic E-state index is 14.2. The molecule has 0 radical (unpaired) electrons. The van der Waals surface area contributed by atoms with Gasteiger partial charge in [-0.15, -0.1) is 12.4 Å². The molecule has 2 aliphatic heterocycles. The summed E-state index contributed by atoms with van der Waals surface area (Å²) in [4.78, 5) is 16.8. The quantitative estimate of drug-likeness (QED) is 0.907. The van der Waals surface area contributed by atoms with Gasteiger partial charge >= 0.3 is 0 Å². The lowest BCUT2D eigenvalue weighted by atomic mass is 9.90. The maximum Gasteiger partial charge on any atom is 0.244 e. The van der Waals surface area contributed by atoms with Gasteiger partial charge in [0.25, 0.3) is 0 Å². The van der Waals surface area contributed by atoms with E-state index in [0.29, 0.717) is 18.8 Å². The minimum absolute atomic E-state index is 0. The summed E-state index contributed by atoms with van der Waals surface area (Å²) in [5.74, 6) is -0.292. The van der Waals surface area contributed by atoms with Gasteiger partial charge in [0.2, 0.25) is 5.91 Å². The van der Waals surface area contributed by atoms with E-state index in [4.69, 9.17) is 5.73 Å². The lowest BCUT2D eigenvalue weighted by molar-refractivity contribution is -0.125. The van der Waals surface area contributed by atoms with Gasteiger partial charge in [-0.25, -0.2) is 4.39 Å². The Balaban J connectivity index is 0.00000208. The maximum absolute atomic E-state index is 14.2. The predicted octanol–water partition coefficient (Wildman–Crippen LogP) is 2.72. The first kappa shape index (κ1) is 19.2. The first-order valence-corrected chi connectivity index (χ1v) is 8.45. The average Bonchev–Trinajstić information content (AvgIpc) is 2.93. The van der Waals surface area contributed by atoms with Gasteiger partial charge in [-0.3, -0.25) is 9.69 Å². The second-order valence-electron chi connectivity index (χ2n) is 7.34. The van der Waals surface area contributed by atoms with Crippen LogP contribution in [-0.2, 0) is 4.79 Å². The third-order valence-corrected chi connectivity index (χ3v) is 5.32. The van der Waals surface area contributed by atoms with Crippen molar-refractivity contribution >= 4 is 24.0 Å². The molecular weight excluding hydrogens is 329 g/mol. The van der Waals surface area contributed by atoms with E-state index in [-0.39, 0.29) is 35.6 Å². The normalized spacial score (nSPS) is 28.1. The second-order valence-corrected chi connectivity index (χ2v) is 7.34. The molecule has 2 fully saturated rings.